The second-order valence-corrected chi connectivity index (χ2v) is 4.24. The molecule has 2 rings (SSSR count). The summed E-state index contributed by atoms with van der Waals surface area (Å²) >= 11 is 0. The van der Waals surface area contributed by atoms with Gasteiger partial charge in [0, 0.05) is 19.1 Å². The van der Waals surface area contributed by atoms with Gasteiger partial charge in [-0.05, 0) is 24.1 Å². The molecule has 0 aliphatic heterocycles. The van der Waals surface area contributed by atoms with Gasteiger partial charge in [-0.2, -0.15) is 0 Å². The summed E-state index contributed by atoms with van der Waals surface area (Å²) in [5.74, 6) is 1.36. The maximum absolute atomic E-state index is 5.80. The highest BCUT2D eigenvalue weighted by atomic mass is 16.7. The van der Waals surface area contributed by atoms with E-state index < -0.39 is 0 Å². The second kappa shape index (κ2) is 6.00. The number of nitrogens with two attached hydrogens (primary N) is 1. The molecule has 94 valence electrons. The van der Waals surface area contributed by atoms with Crippen LogP contribution < -0.4 is 10.5 Å². The van der Waals surface area contributed by atoms with Crippen LogP contribution in [0, 0.1) is 0 Å². The predicted octanol–water partition coefficient (Wildman–Crippen LogP) is 1.50. The average molecular weight is 237 g/mol. The molecular formula is C13H19NO3. The monoisotopic (exact) mass is 237 g/mol. The van der Waals surface area contributed by atoms with Crippen molar-refractivity contribution >= 4 is 0 Å². The van der Waals surface area contributed by atoms with Crippen LogP contribution in [-0.4, -0.2) is 33.2 Å². The number of ether oxygens (including phenoxy) is 3. The van der Waals surface area contributed by atoms with E-state index in [0.717, 1.165) is 12.2 Å². The molecule has 2 N–H and O–H groups in total. The van der Waals surface area contributed by atoms with Crippen molar-refractivity contribution in [2.75, 3.05) is 27.1 Å². The molecule has 1 aromatic carbocycles. The number of benzene rings is 1. The molecule has 1 aliphatic carbocycles. The van der Waals surface area contributed by atoms with Gasteiger partial charge in [0.15, 0.2) is 6.79 Å². The first-order valence-corrected chi connectivity index (χ1v) is 5.86. The molecule has 0 saturated heterocycles. The Hall–Kier alpha value is -1.10. The molecule has 0 radical (unpaired) electrons. The van der Waals surface area contributed by atoms with Crippen LogP contribution in [0.3, 0.4) is 0 Å². The lowest BCUT2D eigenvalue weighted by atomic mass is 10.1. The smallest absolute Gasteiger partial charge is 0.189 e. The summed E-state index contributed by atoms with van der Waals surface area (Å²) in [5.41, 5.74) is 7.10. The molecule has 1 fully saturated rings. The lowest BCUT2D eigenvalue weighted by Crippen LogP contribution is -2.07. The van der Waals surface area contributed by atoms with Gasteiger partial charge in [0.25, 0.3) is 0 Å². The van der Waals surface area contributed by atoms with Crippen molar-refractivity contribution in [3.05, 3.63) is 29.8 Å². The Labute approximate surface area is 102 Å². The first-order chi connectivity index (χ1) is 8.31. The largest absolute Gasteiger partial charge is 0.468 e. The molecule has 0 aromatic heterocycles. The Morgan fingerprint density at radius 2 is 1.94 bits per heavy atom. The molecule has 0 bridgehead atoms. The summed E-state index contributed by atoms with van der Waals surface area (Å²) < 4.78 is 15.5. The van der Waals surface area contributed by atoms with E-state index in [4.69, 9.17) is 19.9 Å². The maximum atomic E-state index is 5.80. The van der Waals surface area contributed by atoms with Crippen LogP contribution >= 0.6 is 0 Å². The van der Waals surface area contributed by atoms with Crippen molar-refractivity contribution in [1.82, 2.24) is 0 Å². The Morgan fingerprint density at radius 3 is 2.53 bits per heavy atom. The van der Waals surface area contributed by atoms with Crippen LogP contribution in [0.1, 0.15) is 17.9 Å². The van der Waals surface area contributed by atoms with Crippen LogP contribution in [0.15, 0.2) is 24.3 Å². The topological polar surface area (TPSA) is 53.7 Å². The third-order valence-corrected chi connectivity index (χ3v) is 2.89. The maximum Gasteiger partial charge on any atom is 0.189 e. The predicted molar refractivity (Wildman–Crippen MR) is 65.1 cm³/mol. The van der Waals surface area contributed by atoms with Crippen molar-refractivity contribution in [1.29, 1.82) is 0 Å². The third-order valence-electron chi connectivity index (χ3n) is 2.89. The SMILES string of the molecule is COCCOCOc1ccc(C2C[C@@H]2N)cc1. The molecule has 0 spiro atoms. The minimum Gasteiger partial charge on any atom is -0.468 e. The van der Waals surface area contributed by atoms with Crippen LogP contribution in [0.2, 0.25) is 0 Å². The third kappa shape index (κ3) is 3.70. The fourth-order valence-corrected chi connectivity index (χ4v) is 1.72. The van der Waals surface area contributed by atoms with Gasteiger partial charge in [-0.1, -0.05) is 12.1 Å². The number of rotatable bonds is 7. The highest BCUT2D eigenvalue weighted by molar-refractivity contribution is 5.33. The van der Waals surface area contributed by atoms with Gasteiger partial charge in [-0.25, -0.2) is 0 Å². The van der Waals surface area contributed by atoms with Crippen molar-refractivity contribution in [3.63, 3.8) is 0 Å². The quantitative estimate of drug-likeness (QED) is 0.577. The van der Waals surface area contributed by atoms with Gasteiger partial charge in [0.05, 0.1) is 13.2 Å². The van der Waals surface area contributed by atoms with E-state index in [1.54, 1.807) is 7.11 Å². The summed E-state index contributed by atoms with van der Waals surface area (Å²) in [5, 5.41) is 0. The van der Waals surface area contributed by atoms with E-state index in [9.17, 15) is 0 Å². The Morgan fingerprint density at radius 1 is 1.24 bits per heavy atom. The summed E-state index contributed by atoms with van der Waals surface area (Å²) in [6.45, 7) is 1.39. The van der Waals surface area contributed by atoms with Gasteiger partial charge in [0.2, 0.25) is 0 Å². The van der Waals surface area contributed by atoms with Crippen LogP contribution in [-0.2, 0) is 9.47 Å². The van der Waals surface area contributed by atoms with Crippen LogP contribution in [0.5, 0.6) is 5.75 Å². The van der Waals surface area contributed by atoms with E-state index in [1.165, 1.54) is 5.56 Å². The molecule has 17 heavy (non-hydrogen) atoms. The Bertz CT molecular complexity index is 339. The summed E-state index contributed by atoms with van der Waals surface area (Å²) in [4.78, 5) is 0. The number of hydrogen-bond acceptors (Lipinski definition) is 4. The van der Waals surface area contributed by atoms with Crippen molar-refractivity contribution < 1.29 is 14.2 Å². The van der Waals surface area contributed by atoms with Crippen molar-refractivity contribution in [2.45, 2.75) is 18.4 Å². The molecule has 1 aliphatic rings. The molecule has 1 aromatic rings. The summed E-state index contributed by atoms with van der Waals surface area (Å²) in [6.07, 6.45) is 1.10. The molecule has 0 amide bonds. The average Bonchev–Trinajstić information content (AvgIpc) is 3.07. The molecule has 1 unspecified atom stereocenters. The van der Waals surface area contributed by atoms with E-state index >= 15 is 0 Å². The van der Waals surface area contributed by atoms with Gasteiger partial charge >= 0.3 is 0 Å². The zero-order valence-corrected chi connectivity index (χ0v) is 10.1. The highest BCUT2D eigenvalue weighted by Gasteiger charge is 2.34. The fourth-order valence-electron chi connectivity index (χ4n) is 1.72. The zero-order chi connectivity index (χ0) is 12.1. The van der Waals surface area contributed by atoms with Gasteiger partial charge in [0.1, 0.15) is 5.75 Å². The Kier molecular flexibility index (Phi) is 4.36. The minimum absolute atomic E-state index is 0.256. The normalized spacial score (nSPS) is 22.5. The van der Waals surface area contributed by atoms with Crippen molar-refractivity contribution in [2.24, 2.45) is 5.73 Å². The molecule has 4 nitrogen and oxygen atoms in total. The molecule has 0 heterocycles. The highest BCUT2D eigenvalue weighted by Crippen LogP contribution is 2.39. The van der Waals surface area contributed by atoms with Crippen molar-refractivity contribution in [3.8, 4) is 5.75 Å². The van der Waals surface area contributed by atoms with Gasteiger partial charge < -0.3 is 19.9 Å². The minimum atomic E-state index is 0.256. The lowest BCUT2D eigenvalue weighted by molar-refractivity contribution is -0.00847. The van der Waals surface area contributed by atoms with Gasteiger partial charge in [-0.3, -0.25) is 0 Å². The van der Waals surface area contributed by atoms with E-state index in [1.807, 2.05) is 12.1 Å². The molecular weight excluding hydrogens is 218 g/mol. The number of methoxy groups -OCH3 is 1. The lowest BCUT2D eigenvalue weighted by Gasteiger charge is -2.07. The zero-order valence-electron chi connectivity index (χ0n) is 10.1. The van der Waals surface area contributed by atoms with E-state index in [-0.39, 0.29) is 6.79 Å². The van der Waals surface area contributed by atoms with Crippen LogP contribution in [0.25, 0.3) is 0 Å². The number of hydrogen-bond donors (Lipinski definition) is 1. The first-order valence-electron chi connectivity index (χ1n) is 5.86. The molecule has 4 heteroatoms. The second-order valence-electron chi connectivity index (χ2n) is 4.24. The van der Waals surface area contributed by atoms with Gasteiger partial charge in [-0.15, -0.1) is 0 Å². The first kappa shape index (κ1) is 12.4. The van der Waals surface area contributed by atoms with E-state index in [0.29, 0.717) is 25.2 Å². The summed E-state index contributed by atoms with van der Waals surface area (Å²) in [7, 11) is 1.64. The fraction of sp³-hybridized carbons (Fsp3) is 0.538. The standard InChI is InChI=1S/C13H19NO3/c1-15-6-7-16-9-17-11-4-2-10(3-5-11)12-8-13(12)14/h2-5,12-13H,6-9,14H2,1H3/t12?,13-/m0/s1. The van der Waals surface area contributed by atoms with E-state index in [2.05, 4.69) is 12.1 Å². The molecule has 1 saturated carbocycles. The Balaban J connectivity index is 1.70. The molecule has 2 atom stereocenters. The summed E-state index contributed by atoms with van der Waals surface area (Å²) in [6, 6.07) is 8.41. The van der Waals surface area contributed by atoms with Crippen LogP contribution in [0.4, 0.5) is 0 Å².